The second-order valence-electron chi connectivity index (χ2n) is 4.77. The molecule has 1 aromatic carbocycles. The van der Waals surface area contributed by atoms with E-state index in [1.807, 2.05) is 12.1 Å². The third-order valence-corrected chi connectivity index (χ3v) is 3.36. The first-order valence-electron chi connectivity index (χ1n) is 7.03. The first-order chi connectivity index (χ1) is 9.42. The Morgan fingerprint density at radius 3 is 3.16 bits per heavy atom. The number of fused-ring (bicyclic) bond motifs is 1. The highest BCUT2D eigenvalue weighted by Crippen LogP contribution is 2.32. The second-order valence-corrected chi connectivity index (χ2v) is 4.77. The van der Waals surface area contributed by atoms with Crippen LogP contribution in [-0.2, 0) is 4.74 Å². The van der Waals surface area contributed by atoms with Crippen molar-refractivity contribution in [3.8, 4) is 5.75 Å². The Labute approximate surface area is 115 Å². The van der Waals surface area contributed by atoms with Crippen molar-refractivity contribution in [1.29, 1.82) is 0 Å². The van der Waals surface area contributed by atoms with Gasteiger partial charge in [-0.05, 0) is 24.5 Å². The molecular formula is C16H23NO2. The van der Waals surface area contributed by atoms with Crippen LogP contribution in [0.3, 0.4) is 0 Å². The Kier molecular flexibility index (Phi) is 5.92. The Bertz CT molecular complexity index is 392. The lowest BCUT2D eigenvalue weighted by molar-refractivity contribution is 0.140. The minimum absolute atomic E-state index is 0.554. The quantitative estimate of drug-likeness (QED) is 0.576. The van der Waals surface area contributed by atoms with Crippen LogP contribution in [0.1, 0.15) is 24.3 Å². The Morgan fingerprint density at radius 2 is 2.26 bits per heavy atom. The summed E-state index contributed by atoms with van der Waals surface area (Å²) in [5, 5.41) is 3.47. The van der Waals surface area contributed by atoms with Gasteiger partial charge in [0.1, 0.15) is 5.75 Å². The summed E-state index contributed by atoms with van der Waals surface area (Å²) in [5.41, 5.74) is 1.33. The average Bonchev–Trinajstić information content (AvgIpc) is 2.46. The molecule has 19 heavy (non-hydrogen) atoms. The van der Waals surface area contributed by atoms with Crippen LogP contribution in [0.5, 0.6) is 5.75 Å². The van der Waals surface area contributed by atoms with Crippen LogP contribution in [0.15, 0.2) is 36.9 Å². The van der Waals surface area contributed by atoms with Crippen LogP contribution in [0.25, 0.3) is 0 Å². The average molecular weight is 261 g/mol. The molecule has 0 bridgehead atoms. The fourth-order valence-corrected chi connectivity index (χ4v) is 2.32. The summed E-state index contributed by atoms with van der Waals surface area (Å²) < 4.78 is 11.1. The van der Waals surface area contributed by atoms with E-state index in [0.717, 1.165) is 51.5 Å². The van der Waals surface area contributed by atoms with Gasteiger partial charge in [0, 0.05) is 19.0 Å². The van der Waals surface area contributed by atoms with E-state index in [9.17, 15) is 0 Å². The molecular weight excluding hydrogens is 238 g/mol. The fraction of sp³-hybridized carbons (Fsp3) is 0.500. The van der Waals surface area contributed by atoms with E-state index in [1.54, 1.807) is 0 Å². The summed E-state index contributed by atoms with van der Waals surface area (Å²) in [6, 6.07) is 8.34. The van der Waals surface area contributed by atoms with Crippen molar-refractivity contribution in [2.24, 2.45) is 0 Å². The number of hydrogen-bond acceptors (Lipinski definition) is 3. The first kappa shape index (κ1) is 14.1. The maximum Gasteiger partial charge on any atom is 0.122 e. The molecule has 1 atom stereocenters. The van der Waals surface area contributed by atoms with Gasteiger partial charge in [0.25, 0.3) is 0 Å². The molecule has 3 nitrogen and oxygen atoms in total. The van der Waals surface area contributed by atoms with Gasteiger partial charge in [-0.1, -0.05) is 24.3 Å². The molecule has 0 saturated carbocycles. The molecule has 1 aliphatic rings. The third kappa shape index (κ3) is 4.37. The summed E-state index contributed by atoms with van der Waals surface area (Å²) in [4.78, 5) is 0. The van der Waals surface area contributed by atoms with Gasteiger partial charge in [0.2, 0.25) is 0 Å². The summed E-state index contributed by atoms with van der Waals surface area (Å²) in [6.45, 7) is 7.91. The highest BCUT2D eigenvalue weighted by atomic mass is 16.5. The largest absolute Gasteiger partial charge is 0.493 e. The molecule has 0 radical (unpaired) electrons. The lowest BCUT2D eigenvalue weighted by Crippen LogP contribution is -2.28. The highest BCUT2D eigenvalue weighted by molar-refractivity contribution is 5.37. The zero-order valence-corrected chi connectivity index (χ0v) is 11.4. The van der Waals surface area contributed by atoms with Crippen molar-refractivity contribution in [1.82, 2.24) is 5.32 Å². The maximum absolute atomic E-state index is 5.66. The minimum atomic E-state index is 0.554. The van der Waals surface area contributed by atoms with E-state index in [2.05, 4.69) is 30.1 Å². The lowest BCUT2D eigenvalue weighted by atomic mass is 9.93. The minimum Gasteiger partial charge on any atom is -0.493 e. The summed E-state index contributed by atoms with van der Waals surface area (Å²) in [7, 11) is 0. The van der Waals surface area contributed by atoms with Crippen LogP contribution in [0, 0.1) is 0 Å². The predicted octanol–water partition coefficient (Wildman–Crippen LogP) is 2.74. The van der Waals surface area contributed by atoms with Crippen molar-refractivity contribution in [2.45, 2.75) is 18.8 Å². The van der Waals surface area contributed by atoms with Gasteiger partial charge in [-0.25, -0.2) is 0 Å². The monoisotopic (exact) mass is 261 g/mol. The molecule has 3 heteroatoms. The lowest BCUT2D eigenvalue weighted by Gasteiger charge is -2.26. The molecule has 0 spiro atoms. The number of para-hydroxylation sites is 1. The number of rotatable bonds is 8. The van der Waals surface area contributed by atoms with Crippen LogP contribution in [0.2, 0.25) is 0 Å². The van der Waals surface area contributed by atoms with Crippen molar-refractivity contribution in [3.63, 3.8) is 0 Å². The molecule has 1 aliphatic heterocycles. The molecule has 2 rings (SSSR count). The van der Waals surface area contributed by atoms with Gasteiger partial charge in [0.15, 0.2) is 0 Å². The molecule has 1 unspecified atom stereocenters. The Morgan fingerprint density at radius 1 is 1.37 bits per heavy atom. The first-order valence-corrected chi connectivity index (χ1v) is 7.03. The predicted molar refractivity (Wildman–Crippen MR) is 77.8 cm³/mol. The van der Waals surface area contributed by atoms with Crippen LogP contribution in [0.4, 0.5) is 0 Å². The van der Waals surface area contributed by atoms with Crippen LogP contribution < -0.4 is 10.1 Å². The van der Waals surface area contributed by atoms with E-state index in [1.165, 1.54) is 5.56 Å². The van der Waals surface area contributed by atoms with Gasteiger partial charge in [-0.3, -0.25) is 0 Å². The number of benzene rings is 1. The van der Waals surface area contributed by atoms with E-state index in [0.29, 0.717) is 5.92 Å². The van der Waals surface area contributed by atoms with E-state index < -0.39 is 0 Å². The molecule has 0 amide bonds. The van der Waals surface area contributed by atoms with Gasteiger partial charge < -0.3 is 14.8 Å². The highest BCUT2D eigenvalue weighted by Gasteiger charge is 2.20. The molecule has 1 heterocycles. The SMILES string of the molecule is C=CCCOCCNCC1CCOc2ccccc21. The van der Waals surface area contributed by atoms with E-state index in [-0.39, 0.29) is 0 Å². The molecule has 0 fully saturated rings. The Hall–Kier alpha value is -1.32. The van der Waals surface area contributed by atoms with Crippen molar-refractivity contribution >= 4 is 0 Å². The molecule has 1 aromatic rings. The van der Waals surface area contributed by atoms with E-state index in [4.69, 9.17) is 9.47 Å². The maximum atomic E-state index is 5.66. The van der Waals surface area contributed by atoms with Crippen LogP contribution >= 0.6 is 0 Å². The van der Waals surface area contributed by atoms with Gasteiger partial charge in [-0.15, -0.1) is 6.58 Å². The number of ether oxygens (including phenoxy) is 2. The molecule has 0 saturated heterocycles. The second kappa shape index (κ2) is 7.97. The fourth-order valence-electron chi connectivity index (χ4n) is 2.32. The summed E-state index contributed by atoms with van der Waals surface area (Å²) in [5.74, 6) is 1.60. The zero-order valence-electron chi connectivity index (χ0n) is 11.4. The van der Waals surface area contributed by atoms with Gasteiger partial charge >= 0.3 is 0 Å². The molecule has 1 N–H and O–H groups in total. The third-order valence-electron chi connectivity index (χ3n) is 3.36. The summed E-state index contributed by atoms with van der Waals surface area (Å²) >= 11 is 0. The Balaban J connectivity index is 1.68. The van der Waals surface area contributed by atoms with Crippen LogP contribution in [-0.4, -0.2) is 32.9 Å². The van der Waals surface area contributed by atoms with Crippen molar-refractivity contribution in [2.75, 3.05) is 32.9 Å². The van der Waals surface area contributed by atoms with Gasteiger partial charge in [0.05, 0.1) is 19.8 Å². The standard InChI is InChI=1S/C16H23NO2/c1-2-3-10-18-12-9-17-13-14-8-11-19-16-7-5-4-6-15(14)16/h2,4-7,14,17H,1,3,8-13H2. The topological polar surface area (TPSA) is 30.5 Å². The van der Waals surface area contributed by atoms with E-state index >= 15 is 0 Å². The number of hydrogen-bond donors (Lipinski definition) is 1. The zero-order chi connectivity index (χ0) is 13.3. The molecule has 0 aromatic heterocycles. The smallest absolute Gasteiger partial charge is 0.122 e. The van der Waals surface area contributed by atoms with Crippen molar-refractivity contribution < 1.29 is 9.47 Å². The molecule has 0 aliphatic carbocycles. The van der Waals surface area contributed by atoms with Crippen molar-refractivity contribution in [3.05, 3.63) is 42.5 Å². The normalized spacial score (nSPS) is 17.6. The van der Waals surface area contributed by atoms with Gasteiger partial charge in [-0.2, -0.15) is 0 Å². The number of nitrogens with one attached hydrogen (secondary N) is 1. The molecule has 104 valence electrons. The summed E-state index contributed by atoms with van der Waals surface area (Å²) in [6.07, 6.45) is 3.89.